The second-order valence-electron chi connectivity index (χ2n) is 21.8. The highest BCUT2D eigenvalue weighted by Gasteiger charge is 2.16. The average molecular weight is 998 g/mol. The first kappa shape index (κ1) is 69.1. The molecular weight excluding hydrogens is 873 g/mol. The summed E-state index contributed by atoms with van der Waals surface area (Å²) in [5, 5.41) is 9.65. The van der Waals surface area contributed by atoms with Gasteiger partial charge in [-0.1, -0.05) is 333 Å². The number of hydrogen-bond donors (Lipinski definition) is 1. The van der Waals surface area contributed by atoms with Crippen molar-refractivity contribution in [3.05, 3.63) is 36.5 Å². The SMILES string of the molecule is CC/C=C\C/C=C\C/C=C\CCCCCCCCCC(=O)OC(CO)COC(=O)CCCCCCCCCCCCCCCCCCCCCCCCCCCCCCCCCCCCCCCCCC. The first-order valence-corrected chi connectivity index (χ1v) is 32.0. The molecular formula is C66H124O5. The summed E-state index contributed by atoms with van der Waals surface area (Å²) in [7, 11) is 0. The van der Waals surface area contributed by atoms with Gasteiger partial charge in [-0.05, 0) is 44.9 Å². The van der Waals surface area contributed by atoms with Crippen molar-refractivity contribution in [2.24, 2.45) is 0 Å². The lowest BCUT2D eigenvalue weighted by atomic mass is 10.0. The van der Waals surface area contributed by atoms with Crippen molar-refractivity contribution in [2.75, 3.05) is 13.2 Å². The fraction of sp³-hybridized carbons (Fsp3) is 0.879. The lowest BCUT2D eigenvalue weighted by molar-refractivity contribution is -0.161. The van der Waals surface area contributed by atoms with Crippen molar-refractivity contribution < 1.29 is 24.2 Å². The Hall–Kier alpha value is -1.88. The molecule has 0 radical (unpaired) electrons. The minimum Gasteiger partial charge on any atom is -0.462 e. The molecule has 5 heteroatoms. The Labute approximate surface area is 444 Å². The van der Waals surface area contributed by atoms with E-state index in [-0.39, 0.29) is 25.2 Å². The molecule has 0 aliphatic heterocycles. The standard InChI is InChI=1S/C66H124O5/c1-3-5-7-9-11-13-15-17-19-21-22-23-24-25-26-27-28-29-30-31-32-33-34-35-36-37-38-39-40-41-42-43-45-46-48-50-52-54-56-58-60-65(68)70-63-64(62-67)71-66(69)61-59-57-55-53-51-49-47-44-20-18-16-14-12-10-8-6-4-2/h6,8,12,14,18,20,64,67H,3-5,7,9-11,13,15-17,19,21-63H2,1-2H3/b8-6-,14-12-,20-18-. The highest BCUT2D eigenvalue weighted by Crippen LogP contribution is 2.19. The molecule has 0 saturated heterocycles. The molecule has 1 N–H and O–H groups in total. The van der Waals surface area contributed by atoms with Crippen LogP contribution in [0.4, 0.5) is 0 Å². The van der Waals surface area contributed by atoms with E-state index in [4.69, 9.17) is 9.47 Å². The van der Waals surface area contributed by atoms with Crippen LogP contribution in [0.25, 0.3) is 0 Å². The zero-order valence-electron chi connectivity index (χ0n) is 48.0. The van der Waals surface area contributed by atoms with Gasteiger partial charge >= 0.3 is 11.9 Å². The molecule has 1 atom stereocenters. The second-order valence-corrected chi connectivity index (χ2v) is 21.8. The van der Waals surface area contributed by atoms with E-state index in [0.717, 1.165) is 64.2 Å². The van der Waals surface area contributed by atoms with E-state index in [9.17, 15) is 14.7 Å². The van der Waals surface area contributed by atoms with Gasteiger partial charge in [-0.2, -0.15) is 0 Å². The van der Waals surface area contributed by atoms with Crippen LogP contribution in [0.1, 0.15) is 354 Å². The van der Waals surface area contributed by atoms with E-state index in [2.05, 4.69) is 50.3 Å². The largest absolute Gasteiger partial charge is 0.462 e. The topological polar surface area (TPSA) is 72.8 Å². The molecule has 418 valence electrons. The number of esters is 2. The van der Waals surface area contributed by atoms with Gasteiger partial charge in [-0.15, -0.1) is 0 Å². The summed E-state index contributed by atoms with van der Waals surface area (Å²) < 4.78 is 10.7. The van der Waals surface area contributed by atoms with Gasteiger partial charge in [0.1, 0.15) is 6.61 Å². The van der Waals surface area contributed by atoms with Crippen LogP contribution in [0.2, 0.25) is 0 Å². The van der Waals surface area contributed by atoms with Crippen molar-refractivity contribution in [2.45, 2.75) is 360 Å². The molecule has 0 fully saturated rings. The van der Waals surface area contributed by atoms with Crippen LogP contribution in [0.5, 0.6) is 0 Å². The van der Waals surface area contributed by atoms with Crippen LogP contribution in [0, 0.1) is 0 Å². The predicted molar refractivity (Wildman–Crippen MR) is 311 cm³/mol. The maximum atomic E-state index is 12.3. The number of aliphatic hydroxyl groups is 1. The molecule has 0 aromatic carbocycles. The molecule has 0 saturated carbocycles. The summed E-state index contributed by atoms with van der Waals surface area (Å²) in [6, 6.07) is 0. The normalized spacial score (nSPS) is 12.3. The van der Waals surface area contributed by atoms with E-state index < -0.39 is 6.10 Å². The average Bonchev–Trinajstić information content (AvgIpc) is 3.37. The Kier molecular flexibility index (Phi) is 60.8. The maximum Gasteiger partial charge on any atom is 0.306 e. The third-order valence-electron chi connectivity index (χ3n) is 14.7. The summed E-state index contributed by atoms with van der Waals surface area (Å²) in [6.45, 7) is 4.07. The quantitative estimate of drug-likeness (QED) is 0.0373. The first-order valence-electron chi connectivity index (χ1n) is 32.0. The molecule has 0 bridgehead atoms. The van der Waals surface area contributed by atoms with E-state index in [1.54, 1.807) is 0 Å². The van der Waals surface area contributed by atoms with Crippen LogP contribution in [-0.2, 0) is 19.1 Å². The molecule has 71 heavy (non-hydrogen) atoms. The van der Waals surface area contributed by atoms with Crippen LogP contribution in [-0.4, -0.2) is 36.4 Å². The summed E-state index contributed by atoms with van der Waals surface area (Å²) in [4.78, 5) is 24.5. The first-order chi connectivity index (χ1) is 35.1. The molecule has 0 rings (SSSR count). The van der Waals surface area contributed by atoms with Crippen molar-refractivity contribution >= 4 is 11.9 Å². The Morgan fingerprint density at radius 2 is 0.606 bits per heavy atom. The Balaban J connectivity index is 3.34. The third-order valence-corrected chi connectivity index (χ3v) is 14.7. The zero-order chi connectivity index (χ0) is 51.3. The number of hydrogen-bond acceptors (Lipinski definition) is 5. The van der Waals surface area contributed by atoms with E-state index in [0.29, 0.717) is 12.8 Å². The van der Waals surface area contributed by atoms with Crippen LogP contribution in [0.15, 0.2) is 36.5 Å². The van der Waals surface area contributed by atoms with Crippen molar-refractivity contribution in [3.63, 3.8) is 0 Å². The van der Waals surface area contributed by atoms with Crippen molar-refractivity contribution in [3.8, 4) is 0 Å². The number of aliphatic hydroxyl groups excluding tert-OH is 1. The number of carbonyl (C=O) groups is 2. The lowest BCUT2D eigenvalue weighted by Crippen LogP contribution is -2.28. The summed E-state index contributed by atoms with van der Waals surface area (Å²) in [5.74, 6) is -0.586. The Morgan fingerprint density at radius 3 is 0.915 bits per heavy atom. The minimum absolute atomic E-state index is 0.0661. The van der Waals surface area contributed by atoms with Gasteiger partial charge in [0.05, 0.1) is 6.61 Å². The van der Waals surface area contributed by atoms with E-state index >= 15 is 0 Å². The fourth-order valence-corrected chi connectivity index (χ4v) is 9.93. The summed E-state index contributed by atoms with van der Waals surface area (Å²) in [5.41, 5.74) is 0. The summed E-state index contributed by atoms with van der Waals surface area (Å²) >= 11 is 0. The van der Waals surface area contributed by atoms with Gasteiger partial charge in [-0.25, -0.2) is 0 Å². The van der Waals surface area contributed by atoms with Crippen molar-refractivity contribution in [1.29, 1.82) is 0 Å². The molecule has 0 amide bonds. The van der Waals surface area contributed by atoms with E-state index in [1.165, 1.54) is 263 Å². The second kappa shape index (κ2) is 62.4. The number of ether oxygens (including phenoxy) is 2. The minimum atomic E-state index is -0.776. The molecule has 0 aromatic heterocycles. The predicted octanol–water partition coefficient (Wildman–Crippen LogP) is 21.8. The Bertz CT molecular complexity index is 1130. The maximum absolute atomic E-state index is 12.3. The monoisotopic (exact) mass is 997 g/mol. The number of carbonyl (C=O) groups excluding carboxylic acids is 2. The van der Waals surface area contributed by atoms with Gasteiger partial charge in [0.25, 0.3) is 0 Å². The van der Waals surface area contributed by atoms with Gasteiger partial charge < -0.3 is 14.6 Å². The highest BCUT2D eigenvalue weighted by atomic mass is 16.6. The molecule has 5 nitrogen and oxygen atoms in total. The van der Waals surface area contributed by atoms with Gasteiger partial charge in [0.15, 0.2) is 6.10 Å². The number of allylic oxidation sites excluding steroid dienone is 6. The number of rotatable bonds is 60. The van der Waals surface area contributed by atoms with Crippen LogP contribution >= 0.6 is 0 Å². The molecule has 1 unspecified atom stereocenters. The Morgan fingerprint density at radius 1 is 0.338 bits per heavy atom. The zero-order valence-corrected chi connectivity index (χ0v) is 48.0. The lowest BCUT2D eigenvalue weighted by Gasteiger charge is -2.15. The van der Waals surface area contributed by atoms with E-state index in [1.807, 2.05) is 0 Å². The molecule has 0 aliphatic rings. The third kappa shape index (κ3) is 60.6. The van der Waals surface area contributed by atoms with Gasteiger partial charge in [0, 0.05) is 12.8 Å². The molecule has 0 aromatic rings. The van der Waals surface area contributed by atoms with Gasteiger partial charge in [-0.3, -0.25) is 9.59 Å². The molecule has 0 heterocycles. The highest BCUT2D eigenvalue weighted by molar-refractivity contribution is 5.70. The summed E-state index contributed by atoms with van der Waals surface area (Å²) in [6.07, 6.45) is 81.8. The molecule has 0 spiro atoms. The number of unbranched alkanes of at least 4 members (excludes halogenated alkanes) is 46. The molecule has 0 aliphatic carbocycles. The van der Waals surface area contributed by atoms with Crippen LogP contribution < -0.4 is 0 Å². The van der Waals surface area contributed by atoms with Gasteiger partial charge in [0.2, 0.25) is 0 Å². The van der Waals surface area contributed by atoms with Crippen molar-refractivity contribution in [1.82, 2.24) is 0 Å². The smallest absolute Gasteiger partial charge is 0.306 e. The van der Waals surface area contributed by atoms with Crippen LogP contribution in [0.3, 0.4) is 0 Å². The fourth-order valence-electron chi connectivity index (χ4n) is 9.93.